The van der Waals surface area contributed by atoms with Gasteiger partial charge in [0.1, 0.15) is 74.1 Å². The van der Waals surface area contributed by atoms with Gasteiger partial charge in [-0.1, -0.05) is 66.7 Å². The van der Waals surface area contributed by atoms with Gasteiger partial charge in [-0.2, -0.15) is 28.1 Å². The normalized spacial score (nSPS) is 10.7. The molecule has 0 saturated carbocycles. The monoisotopic (exact) mass is 1210 g/mol. The Balaban J connectivity index is 0.000000148. The van der Waals surface area contributed by atoms with E-state index in [1.807, 2.05) is 191 Å². The minimum absolute atomic E-state index is 0.273. The molecule has 0 amide bonds. The summed E-state index contributed by atoms with van der Waals surface area (Å²) < 4.78 is 42.9. The molecule has 0 saturated heterocycles. The Kier molecular flexibility index (Phi) is 20.1. The van der Waals surface area contributed by atoms with E-state index in [1.165, 1.54) is 28.1 Å². The standard InChI is InChI=1S/3C22H21N5O3/c1-16-6-3-10-21(27-22(28)26(2)24-25-27)20(16)15-30-19-9-4-8-18(12-19)29-14-17-7-5-11-23-13-17;1-16-5-3-8-21(27-22(28)26(2)24-25-27)20(16)15-30-19-7-4-6-18(13-19)29-14-17-9-11-23-12-10-17;1-16-7-5-11-21(27-22(28)26(2)24-25-27)20(16)15-30-19-10-6-9-18(13-19)29-14-17-8-3-4-12-23-17/h3*3-13H,14-15H2,1-2H3. The van der Waals surface area contributed by atoms with Crippen LogP contribution in [0.4, 0.5) is 0 Å². The van der Waals surface area contributed by atoms with Crippen molar-refractivity contribution in [3.05, 3.63) is 282 Å². The van der Waals surface area contributed by atoms with Crippen molar-refractivity contribution in [1.82, 2.24) is 74.3 Å². The Morgan fingerprint density at radius 2 is 0.711 bits per heavy atom. The second kappa shape index (κ2) is 29.5. The molecule has 0 N–H and O–H groups in total. The SMILES string of the molecule is Cc1cccc(-n2nnn(C)c2=O)c1COc1cccc(OCc2ccccn2)c1.Cc1cccc(-n2nnn(C)c2=O)c1COc1cccc(OCc2cccnc2)c1.Cc1cccc(-n2nnn(C)c2=O)c1COc1cccc(OCc2ccncc2)c1. The van der Waals surface area contributed by atoms with Crippen molar-refractivity contribution in [3.63, 3.8) is 0 Å². The van der Waals surface area contributed by atoms with Gasteiger partial charge in [-0.25, -0.2) is 14.4 Å². The lowest BCUT2D eigenvalue weighted by atomic mass is 10.1. The number of rotatable bonds is 21. The molecule has 0 unspecified atom stereocenters. The van der Waals surface area contributed by atoms with Crippen molar-refractivity contribution in [2.45, 2.75) is 60.4 Å². The predicted octanol–water partition coefficient (Wildman–Crippen LogP) is 8.48. The fourth-order valence-corrected chi connectivity index (χ4v) is 8.98. The summed E-state index contributed by atoms with van der Waals surface area (Å²) in [5.41, 5.74) is 9.46. The summed E-state index contributed by atoms with van der Waals surface area (Å²) in [6.45, 7) is 7.98. The van der Waals surface area contributed by atoms with Crippen LogP contribution < -0.4 is 45.5 Å². The minimum atomic E-state index is -0.313. The lowest BCUT2D eigenvalue weighted by molar-refractivity contribution is 0.287. The average molecular weight is 1210 g/mol. The second-order valence-electron chi connectivity index (χ2n) is 20.3. The van der Waals surface area contributed by atoms with Gasteiger partial charge >= 0.3 is 17.1 Å². The smallest absolute Gasteiger partial charge is 0.368 e. The molecular weight excluding hydrogens is 1150 g/mol. The van der Waals surface area contributed by atoms with E-state index in [-0.39, 0.29) is 36.9 Å². The van der Waals surface area contributed by atoms with Crippen molar-refractivity contribution in [3.8, 4) is 51.6 Å². The Hall–Kier alpha value is -11.8. The van der Waals surface area contributed by atoms with Crippen LogP contribution in [0, 0.1) is 20.8 Å². The van der Waals surface area contributed by atoms with E-state index in [9.17, 15) is 14.4 Å². The summed E-state index contributed by atoms with van der Waals surface area (Å²) in [7, 11) is 4.69. The van der Waals surface area contributed by atoms with Crippen LogP contribution in [0.25, 0.3) is 17.1 Å². The molecule has 24 nitrogen and oxygen atoms in total. The quantitative estimate of drug-likeness (QED) is 0.0653. The minimum Gasteiger partial charge on any atom is -0.489 e. The maximum Gasteiger partial charge on any atom is 0.368 e. The van der Waals surface area contributed by atoms with Crippen LogP contribution >= 0.6 is 0 Å². The number of hydrogen-bond acceptors (Lipinski definition) is 18. The fraction of sp³-hybridized carbons (Fsp3) is 0.182. The van der Waals surface area contributed by atoms with Crippen LogP contribution in [-0.2, 0) is 60.8 Å². The summed E-state index contributed by atoms with van der Waals surface area (Å²) >= 11 is 0. The highest BCUT2D eigenvalue weighted by Gasteiger charge is 2.17. The van der Waals surface area contributed by atoms with Gasteiger partial charge in [-0.3, -0.25) is 15.0 Å². The van der Waals surface area contributed by atoms with Gasteiger partial charge in [0.15, 0.2) is 0 Å². The Morgan fingerprint density at radius 1 is 0.333 bits per heavy atom. The lowest BCUT2D eigenvalue weighted by Crippen LogP contribution is -2.23. The first-order valence-corrected chi connectivity index (χ1v) is 28.3. The van der Waals surface area contributed by atoms with Crippen LogP contribution in [0.1, 0.15) is 50.2 Å². The molecule has 0 atom stereocenters. The first-order valence-electron chi connectivity index (χ1n) is 28.3. The number of nitrogens with zero attached hydrogens (tertiary/aromatic N) is 15. The van der Waals surface area contributed by atoms with Gasteiger partial charge in [-0.15, -0.1) is 0 Å². The van der Waals surface area contributed by atoms with E-state index < -0.39 is 0 Å². The number of aromatic nitrogens is 15. The third kappa shape index (κ3) is 15.8. The second-order valence-corrected chi connectivity index (χ2v) is 20.3. The molecule has 24 heteroatoms. The highest BCUT2D eigenvalue weighted by atomic mass is 16.5. The summed E-state index contributed by atoms with van der Waals surface area (Å²) in [5.74, 6) is 4.09. The van der Waals surface area contributed by atoms with Crippen molar-refractivity contribution in [2.24, 2.45) is 21.1 Å². The van der Waals surface area contributed by atoms with Crippen LogP contribution in [0.2, 0.25) is 0 Å². The first kappa shape index (κ1) is 61.3. The topological polar surface area (TPSA) is 252 Å². The highest BCUT2D eigenvalue weighted by Crippen LogP contribution is 2.28. The largest absolute Gasteiger partial charge is 0.489 e. The predicted molar refractivity (Wildman–Crippen MR) is 332 cm³/mol. The maximum absolute atomic E-state index is 12.3. The van der Waals surface area contributed by atoms with E-state index in [2.05, 4.69) is 46.2 Å². The molecule has 6 aromatic heterocycles. The van der Waals surface area contributed by atoms with Crippen LogP contribution in [-0.4, -0.2) is 74.3 Å². The molecule has 0 spiro atoms. The molecule has 12 aromatic rings. The van der Waals surface area contributed by atoms with Crippen LogP contribution in [0.3, 0.4) is 0 Å². The lowest BCUT2D eigenvalue weighted by Gasteiger charge is -2.14. The van der Waals surface area contributed by atoms with Gasteiger partial charge in [0.2, 0.25) is 0 Å². The highest BCUT2D eigenvalue weighted by molar-refractivity contribution is 5.47. The Morgan fingerprint density at radius 3 is 1.07 bits per heavy atom. The van der Waals surface area contributed by atoms with Crippen molar-refractivity contribution < 1.29 is 28.4 Å². The van der Waals surface area contributed by atoms with E-state index >= 15 is 0 Å². The fourth-order valence-electron chi connectivity index (χ4n) is 8.98. The zero-order valence-corrected chi connectivity index (χ0v) is 50.2. The first-order chi connectivity index (χ1) is 43.8. The summed E-state index contributed by atoms with van der Waals surface area (Å²) in [4.78, 5) is 49.2. The van der Waals surface area contributed by atoms with Gasteiger partial charge in [0, 0.05) is 92.6 Å². The zero-order valence-electron chi connectivity index (χ0n) is 50.2. The third-order valence-electron chi connectivity index (χ3n) is 14.0. The van der Waals surface area contributed by atoms with Gasteiger partial charge in [0.05, 0.1) is 22.8 Å². The number of tetrazole rings is 3. The Labute approximate surface area is 516 Å². The number of aryl methyl sites for hydroxylation is 6. The van der Waals surface area contributed by atoms with E-state index in [4.69, 9.17) is 28.4 Å². The van der Waals surface area contributed by atoms with Gasteiger partial charge in [0.25, 0.3) is 0 Å². The molecule has 12 rings (SSSR count). The molecule has 0 bridgehead atoms. The van der Waals surface area contributed by atoms with E-state index in [0.717, 1.165) is 50.2 Å². The Bertz CT molecular complexity index is 4060. The van der Waals surface area contributed by atoms with Gasteiger partial charge < -0.3 is 28.4 Å². The molecule has 0 aliphatic rings. The molecule has 6 heterocycles. The molecule has 456 valence electrons. The molecule has 90 heavy (non-hydrogen) atoms. The van der Waals surface area contributed by atoms with E-state index in [0.29, 0.717) is 71.4 Å². The third-order valence-corrected chi connectivity index (χ3v) is 14.0. The van der Waals surface area contributed by atoms with Crippen LogP contribution in [0.15, 0.2) is 215 Å². The van der Waals surface area contributed by atoms with Gasteiger partial charge in [-0.05, 0) is 159 Å². The number of benzene rings is 6. The molecule has 0 aliphatic carbocycles. The van der Waals surface area contributed by atoms with Crippen molar-refractivity contribution in [1.29, 1.82) is 0 Å². The summed E-state index contributed by atoms with van der Waals surface area (Å²) in [6.07, 6.45) is 8.71. The molecule has 0 radical (unpaired) electrons. The zero-order chi connectivity index (χ0) is 62.8. The van der Waals surface area contributed by atoms with Crippen molar-refractivity contribution >= 4 is 0 Å². The van der Waals surface area contributed by atoms with Crippen molar-refractivity contribution in [2.75, 3.05) is 0 Å². The number of pyridine rings is 3. The molecule has 0 aliphatic heterocycles. The molecular formula is C66H63N15O9. The number of hydrogen-bond donors (Lipinski definition) is 0. The molecule has 0 fully saturated rings. The summed E-state index contributed by atoms with van der Waals surface area (Å²) in [6, 6.07) is 52.7. The average Bonchev–Trinajstić information content (AvgIpc) is 4.08. The molecule has 6 aromatic carbocycles. The summed E-state index contributed by atoms with van der Waals surface area (Å²) in [5, 5.41) is 23.2. The van der Waals surface area contributed by atoms with Crippen LogP contribution in [0.5, 0.6) is 34.5 Å². The number of ether oxygens (including phenoxy) is 6. The van der Waals surface area contributed by atoms with E-state index in [1.54, 1.807) is 52.1 Å². The maximum atomic E-state index is 12.3.